The first kappa shape index (κ1) is 17.3. The molecule has 1 aromatic carbocycles. The van der Waals surface area contributed by atoms with Gasteiger partial charge in [0, 0.05) is 26.2 Å². The van der Waals surface area contributed by atoms with Crippen molar-refractivity contribution in [3.8, 4) is 5.75 Å². The second-order valence-electron chi connectivity index (χ2n) is 7.97. The number of fused-ring (bicyclic) bond motifs is 1. The van der Waals surface area contributed by atoms with Crippen molar-refractivity contribution in [3.05, 3.63) is 29.8 Å². The number of hydrogen-bond donors (Lipinski definition) is 0. The molecule has 0 unspecified atom stereocenters. The first-order valence-electron chi connectivity index (χ1n) is 10.1. The first-order valence-corrected chi connectivity index (χ1v) is 10.1. The fourth-order valence-electron chi connectivity index (χ4n) is 4.58. The smallest absolute Gasteiger partial charge is 0.122 e. The Morgan fingerprint density at radius 1 is 0.800 bits per heavy atom. The molecule has 4 nitrogen and oxygen atoms in total. The maximum atomic E-state index is 5.94. The molecule has 3 heterocycles. The van der Waals surface area contributed by atoms with Crippen LogP contribution in [0.25, 0.3) is 0 Å². The molecule has 0 saturated carbocycles. The van der Waals surface area contributed by atoms with Gasteiger partial charge in [-0.3, -0.25) is 4.90 Å². The summed E-state index contributed by atoms with van der Waals surface area (Å²) in [4.78, 5) is 5.30. The Kier molecular flexibility index (Phi) is 5.90. The number of rotatable bonds is 4. The standard InChI is InChI=1S/C21H32N2O2/c1-2-4-21-20(3-1)15-19(7-12-25-21)17-22-8-5-18(6-9-22)16-23-10-13-24-14-11-23/h1-4,18-19H,5-17H2/t19-/m1/s1. The van der Waals surface area contributed by atoms with E-state index in [0.717, 1.165) is 50.5 Å². The predicted molar refractivity (Wildman–Crippen MR) is 100 cm³/mol. The van der Waals surface area contributed by atoms with Gasteiger partial charge in [-0.1, -0.05) is 18.2 Å². The van der Waals surface area contributed by atoms with Gasteiger partial charge in [-0.05, 0) is 62.2 Å². The third kappa shape index (κ3) is 4.75. The lowest BCUT2D eigenvalue weighted by atomic mass is 9.92. The van der Waals surface area contributed by atoms with Crippen molar-refractivity contribution in [2.45, 2.75) is 25.7 Å². The average molecular weight is 344 g/mol. The Bertz CT molecular complexity index is 536. The van der Waals surface area contributed by atoms with Gasteiger partial charge in [0.1, 0.15) is 5.75 Å². The van der Waals surface area contributed by atoms with Gasteiger partial charge >= 0.3 is 0 Å². The highest BCUT2D eigenvalue weighted by atomic mass is 16.5. The summed E-state index contributed by atoms with van der Waals surface area (Å²) < 4.78 is 11.4. The van der Waals surface area contributed by atoms with Gasteiger partial charge in [-0.2, -0.15) is 0 Å². The number of nitrogens with zero attached hydrogens (tertiary/aromatic N) is 2. The third-order valence-electron chi connectivity index (χ3n) is 6.11. The van der Waals surface area contributed by atoms with Gasteiger partial charge in [0.25, 0.3) is 0 Å². The van der Waals surface area contributed by atoms with Crippen LogP contribution < -0.4 is 4.74 Å². The summed E-state index contributed by atoms with van der Waals surface area (Å²) in [6, 6.07) is 8.58. The Labute approximate surface area is 152 Å². The van der Waals surface area contributed by atoms with E-state index in [1.54, 1.807) is 0 Å². The largest absolute Gasteiger partial charge is 0.493 e. The number of likely N-dealkylation sites (tertiary alicyclic amines) is 1. The highest BCUT2D eigenvalue weighted by Gasteiger charge is 2.25. The van der Waals surface area contributed by atoms with Crippen molar-refractivity contribution < 1.29 is 9.47 Å². The summed E-state index contributed by atoms with van der Waals surface area (Å²) in [5.74, 6) is 2.72. The molecule has 0 N–H and O–H groups in total. The molecule has 25 heavy (non-hydrogen) atoms. The Morgan fingerprint density at radius 3 is 2.36 bits per heavy atom. The molecule has 0 aliphatic carbocycles. The molecule has 0 aromatic heterocycles. The van der Waals surface area contributed by atoms with E-state index in [2.05, 4.69) is 34.1 Å². The molecule has 1 aromatic rings. The van der Waals surface area contributed by atoms with E-state index in [9.17, 15) is 0 Å². The highest BCUT2D eigenvalue weighted by Crippen LogP contribution is 2.28. The SMILES string of the molecule is c1ccc2c(c1)C[C@H](CN1CCC(CN3CCOCC3)CC1)CCO2. The second kappa shape index (κ2) is 8.52. The van der Waals surface area contributed by atoms with Crippen molar-refractivity contribution in [2.24, 2.45) is 11.8 Å². The van der Waals surface area contributed by atoms with Crippen molar-refractivity contribution in [2.75, 3.05) is 59.1 Å². The van der Waals surface area contributed by atoms with Crippen LogP contribution in [0, 0.1) is 11.8 Å². The minimum atomic E-state index is 0.736. The molecule has 2 saturated heterocycles. The lowest BCUT2D eigenvalue weighted by Gasteiger charge is -2.37. The second-order valence-corrected chi connectivity index (χ2v) is 7.97. The molecular weight excluding hydrogens is 312 g/mol. The topological polar surface area (TPSA) is 24.9 Å². The molecule has 3 aliphatic rings. The number of benzene rings is 1. The number of morpholine rings is 1. The average Bonchev–Trinajstić information content (AvgIpc) is 2.86. The number of para-hydroxylation sites is 1. The van der Waals surface area contributed by atoms with Gasteiger partial charge in [-0.25, -0.2) is 0 Å². The Morgan fingerprint density at radius 2 is 1.52 bits per heavy atom. The summed E-state index contributed by atoms with van der Waals surface area (Å²) in [7, 11) is 0. The molecule has 0 bridgehead atoms. The van der Waals surface area contributed by atoms with Crippen LogP contribution in [-0.4, -0.2) is 68.9 Å². The van der Waals surface area contributed by atoms with Crippen molar-refractivity contribution >= 4 is 0 Å². The number of hydrogen-bond acceptors (Lipinski definition) is 4. The first-order chi connectivity index (χ1) is 12.4. The van der Waals surface area contributed by atoms with E-state index in [-0.39, 0.29) is 0 Å². The summed E-state index contributed by atoms with van der Waals surface area (Å²) in [6.07, 6.45) is 5.07. The molecule has 0 radical (unpaired) electrons. The summed E-state index contributed by atoms with van der Waals surface area (Å²) in [5.41, 5.74) is 1.40. The van der Waals surface area contributed by atoms with Crippen LogP contribution in [0.2, 0.25) is 0 Å². The summed E-state index contributed by atoms with van der Waals surface area (Å²) in [6.45, 7) is 10.0. The zero-order valence-corrected chi connectivity index (χ0v) is 15.4. The van der Waals surface area contributed by atoms with Gasteiger partial charge in [0.2, 0.25) is 0 Å². The molecule has 1 atom stereocenters. The van der Waals surface area contributed by atoms with Gasteiger partial charge in [0.15, 0.2) is 0 Å². The van der Waals surface area contributed by atoms with E-state index in [1.165, 1.54) is 57.4 Å². The predicted octanol–water partition coefficient (Wildman–Crippen LogP) is 2.67. The lowest BCUT2D eigenvalue weighted by Crippen LogP contribution is -2.43. The minimum Gasteiger partial charge on any atom is -0.493 e. The molecule has 0 spiro atoms. The molecule has 2 fully saturated rings. The molecular formula is C21H32N2O2. The van der Waals surface area contributed by atoms with Crippen molar-refractivity contribution in [3.63, 3.8) is 0 Å². The fraction of sp³-hybridized carbons (Fsp3) is 0.714. The maximum Gasteiger partial charge on any atom is 0.122 e. The Balaban J connectivity index is 1.23. The van der Waals surface area contributed by atoms with E-state index < -0.39 is 0 Å². The van der Waals surface area contributed by atoms with Crippen LogP contribution in [-0.2, 0) is 11.2 Å². The lowest BCUT2D eigenvalue weighted by molar-refractivity contribution is 0.0238. The van der Waals surface area contributed by atoms with Crippen molar-refractivity contribution in [1.82, 2.24) is 9.80 Å². The van der Waals surface area contributed by atoms with Gasteiger partial charge in [0.05, 0.1) is 19.8 Å². The van der Waals surface area contributed by atoms with Crippen molar-refractivity contribution in [1.29, 1.82) is 0 Å². The van der Waals surface area contributed by atoms with Crippen LogP contribution in [0.15, 0.2) is 24.3 Å². The quantitative estimate of drug-likeness (QED) is 0.838. The number of piperidine rings is 1. The summed E-state index contributed by atoms with van der Waals surface area (Å²) in [5, 5.41) is 0. The van der Waals surface area contributed by atoms with Gasteiger partial charge in [-0.15, -0.1) is 0 Å². The van der Waals surface area contributed by atoms with Crippen LogP contribution in [0.1, 0.15) is 24.8 Å². The maximum absolute atomic E-state index is 5.94. The molecule has 4 heteroatoms. The third-order valence-corrected chi connectivity index (χ3v) is 6.11. The fourth-order valence-corrected chi connectivity index (χ4v) is 4.58. The molecule has 138 valence electrons. The van der Waals surface area contributed by atoms with E-state index in [1.807, 2.05) is 0 Å². The minimum absolute atomic E-state index is 0.736. The van der Waals surface area contributed by atoms with Gasteiger partial charge < -0.3 is 14.4 Å². The van der Waals surface area contributed by atoms with Crippen LogP contribution in [0.4, 0.5) is 0 Å². The van der Waals surface area contributed by atoms with E-state index in [0.29, 0.717) is 0 Å². The summed E-state index contributed by atoms with van der Waals surface area (Å²) >= 11 is 0. The zero-order chi connectivity index (χ0) is 16.9. The normalized spacial score (nSPS) is 26.6. The van der Waals surface area contributed by atoms with E-state index in [4.69, 9.17) is 9.47 Å². The Hall–Kier alpha value is -1.10. The highest BCUT2D eigenvalue weighted by molar-refractivity contribution is 5.34. The molecule has 0 amide bonds. The monoisotopic (exact) mass is 344 g/mol. The zero-order valence-electron chi connectivity index (χ0n) is 15.4. The molecule has 4 rings (SSSR count). The van der Waals surface area contributed by atoms with E-state index >= 15 is 0 Å². The van der Waals surface area contributed by atoms with Crippen LogP contribution in [0.5, 0.6) is 5.75 Å². The van der Waals surface area contributed by atoms with Crippen LogP contribution in [0.3, 0.4) is 0 Å². The van der Waals surface area contributed by atoms with Crippen LogP contribution >= 0.6 is 0 Å². The number of ether oxygens (including phenoxy) is 2. The molecule has 3 aliphatic heterocycles.